The quantitative estimate of drug-likeness (QED) is 0.826. The molecule has 0 heterocycles. The van der Waals surface area contributed by atoms with Gasteiger partial charge in [-0.2, -0.15) is 0 Å². The molecule has 2 aromatic carbocycles. The van der Waals surface area contributed by atoms with E-state index in [2.05, 4.69) is 24.4 Å². The van der Waals surface area contributed by atoms with Crippen LogP contribution in [0, 0.1) is 0 Å². The number of hydrogen-bond donors (Lipinski definition) is 2. The highest BCUT2D eigenvalue weighted by atomic mass is 35.5. The first-order valence-electron chi connectivity index (χ1n) is 6.05. The van der Waals surface area contributed by atoms with Gasteiger partial charge in [0.15, 0.2) is 0 Å². The number of anilines is 2. The first-order chi connectivity index (χ1) is 9.10. The Balaban J connectivity index is 2.31. The fourth-order valence-electron chi connectivity index (χ4n) is 1.81. The topological polar surface area (TPSA) is 38.0 Å². The van der Waals surface area contributed by atoms with E-state index < -0.39 is 0 Å². The van der Waals surface area contributed by atoms with Crippen LogP contribution < -0.4 is 11.1 Å². The van der Waals surface area contributed by atoms with Gasteiger partial charge in [-0.15, -0.1) is 0 Å². The molecule has 0 saturated carbocycles. The summed E-state index contributed by atoms with van der Waals surface area (Å²) in [5.41, 5.74) is 9.61. The molecule has 0 spiro atoms. The second-order valence-electron chi connectivity index (χ2n) is 4.23. The van der Waals surface area contributed by atoms with Gasteiger partial charge in [0.2, 0.25) is 0 Å². The Labute approximate surface area is 123 Å². The van der Waals surface area contributed by atoms with Gasteiger partial charge in [0, 0.05) is 16.3 Å². The van der Waals surface area contributed by atoms with Gasteiger partial charge in [-0.25, -0.2) is 0 Å². The second kappa shape index (κ2) is 6.04. The smallest absolute Gasteiger partial charge is 0.106 e. The Hall–Kier alpha value is -1.58. The van der Waals surface area contributed by atoms with Crippen LogP contribution in [0.1, 0.15) is 18.1 Å². The fraction of sp³-hybridized carbons (Fsp3) is 0.133. The number of halogens is 1. The van der Waals surface area contributed by atoms with Crippen molar-refractivity contribution in [2.75, 3.05) is 5.32 Å². The third-order valence-corrected chi connectivity index (χ3v) is 3.34. The summed E-state index contributed by atoms with van der Waals surface area (Å²) < 4.78 is 0. The van der Waals surface area contributed by atoms with Gasteiger partial charge in [-0.1, -0.05) is 42.9 Å². The predicted molar refractivity (Wildman–Crippen MR) is 86.4 cm³/mol. The Bertz CT molecular complexity index is 594. The Morgan fingerprint density at radius 3 is 2.47 bits per heavy atom. The minimum absolute atomic E-state index is 0.351. The molecule has 0 atom stereocenters. The molecule has 19 heavy (non-hydrogen) atoms. The molecular formula is C15H15ClN2S. The van der Waals surface area contributed by atoms with Gasteiger partial charge in [0.05, 0.1) is 5.69 Å². The third kappa shape index (κ3) is 3.46. The molecule has 0 radical (unpaired) electrons. The summed E-state index contributed by atoms with van der Waals surface area (Å²) >= 11 is 11.1. The van der Waals surface area contributed by atoms with Crippen molar-refractivity contribution in [2.24, 2.45) is 5.73 Å². The van der Waals surface area contributed by atoms with Crippen LogP contribution in [0.2, 0.25) is 5.02 Å². The molecule has 0 unspecified atom stereocenters. The molecule has 0 saturated heterocycles. The monoisotopic (exact) mass is 290 g/mol. The lowest BCUT2D eigenvalue weighted by atomic mass is 10.1. The predicted octanol–water partition coefficient (Wildman–Crippen LogP) is 4.28. The van der Waals surface area contributed by atoms with Crippen LogP contribution >= 0.6 is 23.8 Å². The van der Waals surface area contributed by atoms with E-state index >= 15 is 0 Å². The number of hydrogen-bond acceptors (Lipinski definition) is 2. The molecule has 0 bridgehead atoms. The number of nitrogens with one attached hydrogen (secondary N) is 1. The third-order valence-electron chi connectivity index (χ3n) is 2.89. The maximum Gasteiger partial charge on any atom is 0.106 e. The van der Waals surface area contributed by atoms with Crippen molar-refractivity contribution in [3.8, 4) is 0 Å². The van der Waals surface area contributed by atoms with Crippen LogP contribution in [-0.4, -0.2) is 4.99 Å². The van der Waals surface area contributed by atoms with Crippen LogP contribution in [0.5, 0.6) is 0 Å². The summed E-state index contributed by atoms with van der Waals surface area (Å²) in [5.74, 6) is 0. The van der Waals surface area contributed by atoms with Crippen LogP contribution in [0.25, 0.3) is 0 Å². The number of benzene rings is 2. The van der Waals surface area contributed by atoms with Gasteiger partial charge in [0.1, 0.15) is 4.99 Å². The SMILES string of the molecule is CCc1ccc(Nc2cc(Cl)ccc2C(N)=S)cc1. The Kier molecular flexibility index (Phi) is 4.40. The minimum atomic E-state index is 0.351. The van der Waals surface area contributed by atoms with Crippen molar-refractivity contribution in [1.82, 2.24) is 0 Å². The number of nitrogens with two attached hydrogens (primary N) is 1. The van der Waals surface area contributed by atoms with Crippen molar-refractivity contribution in [3.05, 3.63) is 58.6 Å². The van der Waals surface area contributed by atoms with E-state index in [1.807, 2.05) is 24.3 Å². The van der Waals surface area contributed by atoms with Crippen molar-refractivity contribution in [2.45, 2.75) is 13.3 Å². The molecule has 0 aliphatic heterocycles. The molecule has 0 aliphatic carbocycles. The first kappa shape index (κ1) is 13.8. The Morgan fingerprint density at radius 1 is 1.21 bits per heavy atom. The molecule has 4 heteroatoms. The zero-order valence-corrected chi connectivity index (χ0v) is 12.2. The summed E-state index contributed by atoms with van der Waals surface area (Å²) in [6.45, 7) is 2.13. The zero-order valence-electron chi connectivity index (χ0n) is 10.6. The van der Waals surface area contributed by atoms with E-state index in [-0.39, 0.29) is 0 Å². The average molecular weight is 291 g/mol. The van der Waals surface area contributed by atoms with Crippen LogP contribution in [0.15, 0.2) is 42.5 Å². The average Bonchev–Trinajstić information content (AvgIpc) is 2.39. The molecule has 2 nitrogen and oxygen atoms in total. The van der Waals surface area contributed by atoms with Crippen LogP contribution in [-0.2, 0) is 6.42 Å². The minimum Gasteiger partial charge on any atom is -0.389 e. The van der Waals surface area contributed by atoms with Crippen molar-refractivity contribution < 1.29 is 0 Å². The molecule has 3 N–H and O–H groups in total. The summed E-state index contributed by atoms with van der Waals surface area (Å²) in [7, 11) is 0. The van der Waals surface area contributed by atoms with E-state index in [9.17, 15) is 0 Å². The zero-order chi connectivity index (χ0) is 13.8. The van der Waals surface area contributed by atoms with Crippen molar-refractivity contribution in [3.63, 3.8) is 0 Å². The van der Waals surface area contributed by atoms with Gasteiger partial charge in [-0.3, -0.25) is 0 Å². The molecule has 0 aromatic heterocycles. The van der Waals surface area contributed by atoms with Crippen molar-refractivity contribution in [1.29, 1.82) is 0 Å². The Morgan fingerprint density at radius 2 is 1.89 bits per heavy atom. The highest BCUT2D eigenvalue weighted by molar-refractivity contribution is 7.80. The normalized spacial score (nSPS) is 10.2. The summed E-state index contributed by atoms with van der Waals surface area (Å²) in [5, 5.41) is 3.94. The standard InChI is InChI=1S/C15H15ClN2S/c1-2-10-3-6-12(7-4-10)18-14-9-11(16)5-8-13(14)15(17)19/h3-9,18H,2H2,1H3,(H2,17,19). The molecule has 0 amide bonds. The van der Waals surface area contributed by atoms with Gasteiger partial charge in [-0.05, 0) is 42.3 Å². The van der Waals surface area contributed by atoms with Crippen LogP contribution in [0.3, 0.4) is 0 Å². The number of rotatable bonds is 4. The lowest BCUT2D eigenvalue weighted by Crippen LogP contribution is -2.11. The van der Waals surface area contributed by atoms with Gasteiger partial charge < -0.3 is 11.1 Å². The van der Waals surface area contributed by atoms with E-state index in [0.717, 1.165) is 23.4 Å². The summed E-state index contributed by atoms with van der Waals surface area (Å²) in [4.78, 5) is 0.351. The largest absolute Gasteiger partial charge is 0.389 e. The number of thiocarbonyl (C=S) groups is 1. The van der Waals surface area contributed by atoms with Gasteiger partial charge in [0.25, 0.3) is 0 Å². The lowest BCUT2D eigenvalue weighted by Gasteiger charge is -2.12. The van der Waals surface area contributed by atoms with Crippen molar-refractivity contribution >= 4 is 40.2 Å². The fourth-order valence-corrected chi connectivity index (χ4v) is 2.16. The lowest BCUT2D eigenvalue weighted by molar-refractivity contribution is 1.14. The maximum absolute atomic E-state index is 6.01. The summed E-state index contributed by atoms with van der Waals surface area (Å²) in [6.07, 6.45) is 1.02. The van der Waals surface area contributed by atoms with E-state index in [1.54, 1.807) is 6.07 Å². The molecular weight excluding hydrogens is 276 g/mol. The highest BCUT2D eigenvalue weighted by Gasteiger charge is 2.06. The maximum atomic E-state index is 6.01. The molecule has 2 aromatic rings. The first-order valence-corrected chi connectivity index (χ1v) is 6.84. The van der Waals surface area contributed by atoms with E-state index in [4.69, 9.17) is 29.6 Å². The molecule has 0 fully saturated rings. The highest BCUT2D eigenvalue weighted by Crippen LogP contribution is 2.25. The second-order valence-corrected chi connectivity index (χ2v) is 5.11. The number of aryl methyl sites for hydroxylation is 1. The van der Waals surface area contributed by atoms with E-state index in [0.29, 0.717) is 10.0 Å². The molecule has 0 aliphatic rings. The molecule has 98 valence electrons. The van der Waals surface area contributed by atoms with Crippen LogP contribution in [0.4, 0.5) is 11.4 Å². The van der Waals surface area contributed by atoms with E-state index in [1.165, 1.54) is 5.56 Å². The molecule has 2 rings (SSSR count). The summed E-state index contributed by atoms with van der Waals surface area (Å²) in [6, 6.07) is 13.7. The van der Waals surface area contributed by atoms with Gasteiger partial charge >= 0.3 is 0 Å².